The van der Waals surface area contributed by atoms with Gasteiger partial charge in [-0.3, -0.25) is 4.79 Å². The molecule has 19 heavy (non-hydrogen) atoms. The first kappa shape index (κ1) is 13.8. The number of hydrogen-bond donors (Lipinski definition) is 3. The normalized spacial score (nSPS) is 18.4. The van der Waals surface area contributed by atoms with Gasteiger partial charge in [0.1, 0.15) is 11.4 Å². The van der Waals surface area contributed by atoms with Crippen molar-refractivity contribution in [3.63, 3.8) is 0 Å². The van der Waals surface area contributed by atoms with Gasteiger partial charge in [-0.15, -0.1) is 0 Å². The minimum atomic E-state index is -0.818. The van der Waals surface area contributed by atoms with E-state index in [9.17, 15) is 9.90 Å². The molecule has 1 heterocycles. The number of hydrogen-bond acceptors (Lipinski definition) is 5. The third kappa shape index (κ3) is 3.24. The molecule has 5 heteroatoms. The van der Waals surface area contributed by atoms with Crippen LogP contribution in [0.3, 0.4) is 0 Å². The van der Waals surface area contributed by atoms with Crippen LogP contribution in [-0.4, -0.2) is 40.9 Å². The third-order valence-corrected chi connectivity index (χ3v) is 3.01. The van der Waals surface area contributed by atoms with Gasteiger partial charge in [-0.25, -0.2) is 0 Å². The maximum absolute atomic E-state index is 12.1. The van der Waals surface area contributed by atoms with E-state index in [-0.39, 0.29) is 18.9 Å². The van der Waals surface area contributed by atoms with Crippen LogP contribution >= 0.6 is 0 Å². The molecule has 1 aliphatic rings. The van der Waals surface area contributed by atoms with Gasteiger partial charge in [0.25, 0.3) is 0 Å². The molecule has 104 valence electrons. The van der Waals surface area contributed by atoms with E-state index in [0.717, 1.165) is 5.69 Å². The van der Waals surface area contributed by atoms with Gasteiger partial charge in [-0.1, -0.05) is 0 Å². The van der Waals surface area contributed by atoms with Gasteiger partial charge >= 0.3 is 0 Å². The maximum atomic E-state index is 12.1. The molecule has 5 nitrogen and oxygen atoms in total. The predicted octanol–water partition coefficient (Wildman–Crippen LogP) is 1.20. The molecule has 0 aliphatic carbocycles. The highest BCUT2D eigenvalue weighted by atomic mass is 16.5. The summed E-state index contributed by atoms with van der Waals surface area (Å²) in [6, 6.07) is 5.26. The van der Waals surface area contributed by atoms with Crippen LogP contribution in [0.15, 0.2) is 18.2 Å². The number of benzene rings is 1. The summed E-state index contributed by atoms with van der Waals surface area (Å²) in [6.07, 6.45) is -0.468. The summed E-state index contributed by atoms with van der Waals surface area (Å²) in [7, 11) is 0. The van der Waals surface area contributed by atoms with Crippen molar-refractivity contribution in [2.75, 3.05) is 18.5 Å². The molecule has 1 aromatic carbocycles. The van der Waals surface area contributed by atoms with Crippen LogP contribution in [0.25, 0.3) is 0 Å². The molecular formula is C14H19NO4. The van der Waals surface area contributed by atoms with Crippen LogP contribution in [0.1, 0.15) is 30.6 Å². The van der Waals surface area contributed by atoms with E-state index in [4.69, 9.17) is 9.84 Å². The van der Waals surface area contributed by atoms with Crippen LogP contribution in [-0.2, 0) is 0 Å². The average Bonchev–Trinajstić information content (AvgIpc) is 2.35. The number of carbonyl (C=O) groups excluding carboxylic acids is 1. The van der Waals surface area contributed by atoms with Crippen molar-refractivity contribution in [3.05, 3.63) is 23.8 Å². The fraction of sp³-hybridized carbons (Fsp3) is 0.500. The number of aliphatic hydroxyl groups excluding tert-OH is 2. The van der Waals surface area contributed by atoms with Crippen molar-refractivity contribution in [1.29, 1.82) is 0 Å². The Labute approximate surface area is 112 Å². The monoisotopic (exact) mass is 265 g/mol. The lowest BCUT2D eigenvalue weighted by atomic mass is 9.93. The van der Waals surface area contributed by atoms with Crippen LogP contribution in [0.5, 0.6) is 5.75 Å². The molecule has 0 bridgehead atoms. The quantitative estimate of drug-likeness (QED) is 0.762. The Kier molecular flexibility index (Phi) is 3.78. The number of aliphatic hydroxyl groups is 2. The van der Waals surface area contributed by atoms with E-state index in [2.05, 4.69) is 5.32 Å². The van der Waals surface area contributed by atoms with Gasteiger partial charge in [0.15, 0.2) is 5.78 Å². The molecule has 1 unspecified atom stereocenters. The fourth-order valence-electron chi connectivity index (χ4n) is 2.06. The number of fused-ring (bicyclic) bond motifs is 1. The average molecular weight is 265 g/mol. The number of nitrogens with one attached hydrogen (secondary N) is 1. The molecule has 1 aromatic rings. The number of rotatable bonds is 4. The second-order valence-corrected chi connectivity index (χ2v) is 5.39. The molecule has 0 radical (unpaired) electrons. The molecule has 2 rings (SSSR count). The standard InChI is InChI=1S/C14H19NO4/c1-14(2)6-12(18)11-5-9(3-4-13(11)19-14)15-7-10(17)8-16/h3-5,10,15-17H,6-8H2,1-2H3. The number of ketones is 1. The second kappa shape index (κ2) is 5.19. The number of Topliss-reactive ketones (excluding diaryl/α,β-unsaturated/α-hetero) is 1. The zero-order valence-corrected chi connectivity index (χ0v) is 11.1. The Hall–Kier alpha value is -1.59. The zero-order valence-electron chi connectivity index (χ0n) is 11.1. The number of anilines is 1. The van der Waals surface area contributed by atoms with Gasteiger partial charge in [-0.05, 0) is 32.0 Å². The first-order valence-electron chi connectivity index (χ1n) is 6.30. The highest BCUT2D eigenvalue weighted by molar-refractivity contribution is 6.01. The summed E-state index contributed by atoms with van der Waals surface area (Å²) in [5.74, 6) is 0.645. The summed E-state index contributed by atoms with van der Waals surface area (Å²) in [6.45, 7) is 3.71. The first-order chi connectivity index (χ1) is 8.91. The van der Waals surface area contributed by atoms with Gasteiger partial charge < -0.3 is 20.3 Å². The lowest BCUT2D eigenvalue weighted by molar-refractivity contribution is 0.0620. The molecular weight excluding hydrogens is 246 g/mol. The van der Waals surface area contributed by atoms with Crippen LogP contribution < -0.4 is 10.1 Å². The van der Waals surface area contributed by atoms with Crippen LogP contribution in [0.2, 0.25) is 0 Å². The van der Waals surface area contributed by atoms with Gasteiger partial charge in [0.2, 0.25) is 0 Å². The first-order valence-corrected chi connectivity index (χ1v) is 6.30. The molecule has 0 saturated carbocycles. The van der Waals surface area contributed by atoms with Gasteiger partial charge in [-0.2, -0.15) is 0 Å². The van der Waals surface area contributed by atoms with Crippen molar-refractivity contribution in [2.45, 2.75) is 32.0 Å². The summed E-state index contributed by atoms with van der Waals surface area (Å²) in [5.41, 5.74) is 0.817. The van der Waals surface area contributed by atoms with E-state index in [1.54, 1.807) is 18.2 Å². The number of ether oxygens (including phenoxy) is 1. The Morgan fingerprint density at radius 1 is 1.47 bits per heavy atom. The summed E-state index contributed by atoms with van der Waals surface area (Å²) >= 11 is 0. The smallest absolute Gasteiger partial charge is 0.170 e. The zero-order chi connectivity index (χ0) is 14.0. The summed E-state index contributed by atoms with van der Waals surface area (Å²) in [4.78, 5) is 12.1. The van der Waals surface area contributed by atoms with Crippen LogP contribution in [0.4, 0.5) is 5.69 Å². The Balaban J connectivity index is 2.16. The SMILES string of the molecule is CC1(C)CC(=O)c2cc(NCC(O)CO)ccc2O1. The molecule has 0 aromatic heterocycles. The van der Waals surface area contributed by atoms with Crippen molar-refractivity contribution in [1.82, 2.24) is 0 Å². The third-order valence-electron chi connectivity index (χ3n) is 3.01. The molecule has 0 saturated heterocycles. The minimum absolute atomic E-state index is 0.0533. The van der Waals surface area contributed by atoms with Crippen LogP contribution in [0, 0.1) is 0 Å². The van der Waals surface area contributed by atoms with E-state index >= 15 is 0 Å². The highest BCUT2D eigenvalue weighted by Crippen LogP contribution is 2.34. The molecule has 0 fully saturated rings. The number of carbonyl (C=O) groups is 1. The second-order valence-electron chi connectivity index (χ2n) is 5.39. The van der Waals surface area contributed by atoms with Crippen molar-refractivity contribution >= 4 is 11.5 Å². The molecule has 0 spiro atoms. The van der Waals surface area contributed by atoms with Crippen molar-refractivity contribution in [3.8, 4) is 5.75 Å². The fourth-order valence-corrected chi connectivity index (χ4v) is 2.06. The van der Waals surface area contributed by atoms with Crippen molar-refractivity contribution < 1.29 is 19.7 Å². The molecule has 1 aliphatic heterocycles. The minimum Gasteiger partial charge on any atom is -0.487 e. The van der Waals surface area contributed by atoms with E-state index in [1.807, 2.05) is 13.8 Å². The van der Waals surface area contributed by atoms with Gasteiger partial charge in [0.05, 0.1) is 24.7 Å². The highest BCUT2D eigenvalue weighted by Gasteiger charge is 2.32. The Morgan fingerprint density at radius 3 is 2.89 bits per heavy atom. The predicted molar refractivity (Wildman–Crippen MR) is 71.7 cm³/mol. The molecule has 1 atom stereocenters. The lowest BCUT2D eigenvalue weighted by Gasteiger charge is -2.31. The van der Waals surface area contributed by atoms with Crippen molar-refractivity contribution in [2.24, 2.45) is 0 Å². The van der Waals surface area contributed by atoms with E-state index in [1.165, 1.54) is 0 Å². The molecule has 3 N–H and O–H groups in total. The van der Waals surface area contributed by atoms with E-state index < -0.39 is 11.7 Å². The Bertz CT molecular complexity index is 484. The Morgan fingerprint density at radius 2 is 2.21 bits per heavy atom. The van der Waals surface area contributed by atoms with E-state index in [0.29, 0.717) is 17.7 Å². The topological polar surface area (TPSA) is 78.8 Å². The summed E-state index contributed by atoms with van der Waals surface area (Å²) in [5, 5.41) is 21.0. The summed E-state index contributed by atoms with van der Waals surface area (Å²) < 4.78 is 5.75. The maximum Gasteiger partial charge on any atom is 0.170 e. The largest absolute Gasteiger partial charge is 0.487 e. The lowest BCUT2D eigenvalue weighted by Crippen LogP contribution is -2.35. The molecule has 0 amide bonds. The van der Waals surface area contributed by atoms with Gasteiger partial charge in [0, 0.05) is 12.2 Å².